The van der Waals surface area contributed by atoms with E-state index in [2.05, 4.69) is 45.8 Å². The standard InChI is InChI=1S/C19H31NO3S2Si/c1-15(23-26(5,6)19(2,3)4)11-9-10-14-25(21,22)18-20-16-12-7-8-13-17(16)24-18/h7-8,12-13,15H,9-11,14H2,1-6H3/t15-/m1/s1. The van der Waals surface area contributed by atoms with Gasteiger partial charge in [-0.2, -0.15) is 0 Å². The summed E-state index contributed by atoms with van der Waals surface area (Å²) in [6.07, 6.45) is 2.55. The summed E-state index contributed by atoms with van der Waals surface area (Å²) >= 11 is 1.26. The van der Waals surface area contributed by atoms with E-state index in [1.54, 1.807) is 0 Å². The van der Waals surface area contributed by atoms with Crippen LogP contribution in [0.1, 0.15) is 47.0 Å². The Labute approximate surface area is 163 Å². The molecule has 0 saturated heterocycles. The second-order valence-electron chi connectivity index (χ2n) is 8.45. The predicted molar refractivity (Wildman–Crippen MR) is 113 cm³/mol. The summed E-state index contributed by atoms with van der Waals surface area (Å²) in [5.74, 6) is 0.152. The highest BCUT2D eigenvalue weighted by Gasteiger charge is 2.38. The Hall–Kier alpha value is -0.763. The average Bonchev–Trinajstić information content (AvgIpc) is 2.95. The molecule has 1 aromatic carbocycles. The average molecular weight is 414 g/mol. The van der Waals surface area contributed by atoms with Crippen LogP contribution in [0, 0.1) is 0 Å². The fourth-order valence-corrected chi connectivity index (χ4v) is 6.73. The molecule has 4 nitrogen and oxygen atoms in total. The van der Waals surface area contributed by atoms with Crippen molar-refractivity contribution in [1.29, 1.82) is 0 Å². The maximum atomic E-state index is 12.5. The van der Waals surface area contributed by atoms with Crippen molar-refractivity contribution in [2.45, 2.75) is 75.5 Å². The molecule has 0 aliphatic heterocycles. The number of aromatic nitrogens is 1. The smallest absolute Gasteiger partial charge is 0.210 e. The lowest BCUT2D eigenvalue weighted by Gasteiger charge is -2.38. The summed E-state index contributed by atoms with van der Waals surface area (Å²) in [7, 11) is -5.07. The number of nitrogens with zero attached hydrogens (tertiary/aromatic N) is 1. The van der Waals surface area contributed by atoms with E-state index in [0.29, 0.717) is 6.42 Å². The van der Waals surface area contributed by atoms with Crippen molar-refractivity contribution >= 4 is 39.7 Å². The van der Waals surface area contributed by atoms with Crippen molar-refractivity contribution in [3.05, 3.63) is 24.3 Å². The number of para-hydroxylation sites is 1. The van der Waals surface area contributed by atoms with Crippen LogP contribution in [0.2, 0.25) is 18.1 Å². The third-order valence-electron chi connectivity index (χ3n) is 5.12. The van der Waals surface area contributed by atoms with Crippen molar-refractivity contribution in [3.63, 3.8) is 0 Å². The van der Waals surface area contributed by atoms with E-state index in [1.165, 1.54) is 11.3 Å². The van der Waals surface area contributed by atoms with E-state index >= 15 is 0 Å². The van der Waals surface area contributed by atoms with Crippen molar-refractivity contribution in [1.82, 2.24) is 4.98 Å². The summed E-state index contributed by atoms with van der Waals surface area (Å²) in [5.41, 5.74) is 0.757. The second-order valence-corrected chi connectivity index (χ2v) is 16.5. The van der Waals surface area contributed by atoms with Gasteiger partial charge in [0.05, 0.1) is 16.0 Å². The molecule has 0 fully saturated rings. The Balaban J connectivity index is 1.85. The zero-order valence-corrected chi connectivity index (χ0v) is 19.3. The highest BCUT2D eigenvalue weighted by atomic mass is 32.2. The molecule has 1 aromatic heterocycles. The first-order valence-electron chi connectivity index (χ1n) is 9.18. The summed E-state index contributed by atoms with van der Waals surface area (Å²) in [5, 5.41) is 0.192. The summed E-state index contributed by atoms with van der Waals surface area (Å²) in [6.45, 7) is 13.3. The van der Waals surface area contributed by atoms with Crippen LogP contribution in [0.15, 0.2) is 28.6 Å². The van der Waals surface area contributed by atoms with Crippen LogP contribution >= 0.6 is 11.3 Å². The van der Waals surface area contributed by atoms with Gasteiger partial charge in [-0.05, 0) is 56.5 Å². The van der Waals surface area contributed by atoms with Gasteiger partial charge >= 0.3 is 0 Å². The molecule has 7 heteroatoms. The molecule has 146 valence electrons. The van der Waals surface area contributed by atoms with E-state index in [1.807, 2.05) is 24.3 Å². The van der Waals surface area contributed by atoms with Crippen LogP contribution in [-0.4, -0.2) is 33.6 Å². The molecule has 1 atom stereocenters. The van der Waals surface area contributed by atoms with E-state index < -0.39 is 18.2 Å². The highest BCUT2D eigenvalue weighted by Crippen LogP contribution is 2.37. The number of thiazole rings is 1. The minimum absolute atomic E-state index is 0.152. The molecule has 0 unspecified atom stereocenters. The summed E-state index contributed by atoms with van der Waals surface area (Å²) in [4.78, 5) is 4.29. The van der Waals surface area contributed by atoms with Crippen LogP contribution < -0.4 is 0 Å². The second kappa shape index (κ2) is 8.08. The topological polar surface area (TPSA) is 56.3 Å². The molecule has 0 amide bonds. The third kappa shape index (κ3) is 5.37. The molecule has 0 saturated carbocycles. The van der Waals surface area contributed by atoms with E-state index in [-0.39, 0.29) is 21.2 Å². The highest BCUT2D eigenvalue weighted by molar-refractivity contribution is 7.93. The van der Waals surface area contributed by atoms with E-state index in [9.17, 15) is 8.42 Å². The Morgan fingerprint density at radius 1 is 1.19 bits per heavy atom. The Kier molecular flexibility index (Phi) is 6.70. The molecule has 0 aliphatic rings. The van der Waals surface area contributed by atoms with Gasteiger partial charge in [0.25, 0.3) is 0 Å². The van der Waals surface area contributed by atoms with Gasteiger partial charge in [-0.1, -0.05) is 32.9 Å². The number of benzene rings is 1. The van der Waals surface area contributed by atoms with E-state index in [4.69, 9.17) is 4.43 Å². The molecular weight excluding hydrogens is 382 g/mol. The Morgan fingerprint density at radius 3 is 2.46 bits per heavy atom. The number of rotatable bonds is 8. The maximum Gasteiger partial charge on any atom is 0.210 e. The van der Waals surface area contributed by atoms with Crippen molar-refractivity contribution < 1.29 is 12.8 Å². The minimum atomic E-state index is -3.30. The molecule has 2 aromatic rings. The molecule has 0 radical (unpaired) electrons. The van der Waals surface area contributed by atoms with E-state index in [0.717, 1.165) is 23.1 Å². The van der Waals surface area contributed by atoms with Gasteiger partial charge in [0.2, 0.25) is 14.2 Å². The van der Waals surface area contributed by atoms with Crippen LogP contribution in [0.3, 0.4) is 0 Å². The van der Waals surface area contributed by atoms with Crippen LogP contribution in [0.4, 0.5) is 0 Å². The quantitative estimate of drug-likeness (QED) is 0.414. The largest absolute Gasteiger partial charge is 0.414 e. The van der Waals surface area contributed by atoms with Crippen molar-refractivity contribution in [2.75, 3.05) is 5.75 Å². The maximum absolute atomic E-state index is 12.5. The van der Waals surface area contributed by atoms with Gasteiger partial charge < -0.3 is 4.43 Å². The number of hydrogen-bond acceptors (Lipinski definition) is 5. The molecule has 0 aliphatic carbocycles. The lowest BCUT2D eigenvalue weighted by molar-refractivity contribution is 0.186. The van der Waals surface area contributed by atoms with Gasteiger partial charge in [0, 0.05) is 6.10 Å². The Morgan fingerprint density at radius 2 is 1.85 bits per heavy atom. The predicted octanol–water partition coefficient (Wildman–Crippen LogP) is 5.65. The first-order valence-corrected chi connectivity index (χ1v) is 14.6. The first-order chi connectivity index (χ1) is 11.9. The number of fused-ring (bicyclic) bond motifs is 1. The first kappa shape index (κ1) is 21.5. The normalized spacial score (nSPS) is 14.7. The molecule has 2 rings (SSSR count). The molecule has 0 bridgehead atoms. The van der Waals surface area contributed by atoms with Crippen LogP contribution in [-0.2, 0) is 14.3 Å². The number of unbranched alkanes of at least 4 members (excludes halogenated alkanes) is 1. The molecular formula is C19H31NO3S2Si. The number of hydrogen-bond donors (Lipinski definition) is 0. The fourth-order valence-electron chi connectivity index (χ4n) is 2.53. The molecule has 1 heterocycles. The van der Waals surface area contributed by atoms with Crippen LogP contribution in [0.5, 0.6) is 0 Å². The van der Waals surface area contributed by atoms with Crippen molar-refractivity contribution in [2.24, 2.45) is 0 Å². The van der Waals surface area contributed by atoms with Crippen LogP contribution in [0.25, 0.3) is 10.2 Å². The fraction of sp³-hybridized carbons (Fsp3) is 0.632. The van der Waals surface area contributed by atoms with Crippen molar-refractivity contribution in [3.8, 4) is 0 Å². The third-order valence-corrected chi connectivity index (χ3v) is 13.0. The molecule has 0 N–H and O–H groups in total. The SMILES string of the molecule is C[C@H](CCCCS(=O)(=O)c1nc2ccccc2s1)O[Si](C)(C)C(C)(C)C. The zero-order valence-electron chi connectivity index (χ0n) is 16.7. The van der Waals surface area contributed by atoms with Gasteiger partial charge in [-0.15, -0.1) is 11.3 Å². The molecule has 26 heavy (non-hydrogen) atoms. The van der Waals surface area contributed by atoms with Gasteiger partial charge in [0.15, 0.2) is 8.32 Å². The lowest BCUT2D eigenvalue weighted by Crippen LogP contribution is -2.43. The lowest BCUT2D eigenvalue weighted by atomic mass is 10.2. The number of sulfone groups is 1. The molecule has 0 spiro atoms. The van der Waals surface area contributed by atoms with Gasteiger partial charge in [0.1, 0.15) is 0 Å². The monoisotopic (exact) mass is 413 g/mol. The Bertz CT molecular complexity index is 805. The summed E-state index contributed by atoms with van der Waals surface area (Å²) in [6, 6.07) is 7.54. The summed E-state index contributed by atoms with van der Waals surface area (Å²) < 4.78 is 32.6. The minimum Gasteiger partial charge on any atom is -0.414 e. The zero-order chi connectivity index (χ0) is 19.6. The van der Waals surface area contributed by atoms with Gasteiger partial charge in [-0.25, -0.2) is 13.4 Å². The van der Waals surface area contributed by atoms with Gasteiger partial charge in [-0.3, -0.25) is 0 Å².